The molecule has 1 aromatic rings. The standard InChI is InChI=1S/C14H23N3OS/c1-9(2)12-8-17(6-7-19-12)13-10(3)14(18-5)16-11(4)15-13/h9,12H,6-8H2,1-5H3. The van der Waals surface area contributed by atoms with Crippen LogP contribution in [-0.2, 0) is 0 Å². The van der Waals surface area contributed by atoms with E-state index in [4.69, 9.17) is 4.74 Å². The van der Waals surface area contributed by atoms with Gasteiger partial charge in [-0.3, -0.25) is 0 Å². The van der Waals surface area contributed by atoms with Crippen LogP contribution in [0.4, 0.5) is 5.82 Å². The lowest BCUT2D eigenvalue weighted by molar-refractivity contribution is 0.392. The lowest BCUT2D eigenvalue weighted by Crippen LogP contribution is -2.41. The number of hydrogen-bond acceptors (Lipinski definition) is 5. The summed E-state index contributed by atoms with van der Waals surface area (Å²) in [4.78, 5) is 11.3. The maximum absolute atomic E-state index is 5.35. The summed E-state index contributed by atoms with van der Waals surface area (Å²) in [6.07, 6.45) is 0. The highest BCUT2D eigenvalue weighted by molar-refractivity contribution is 8.00. The van der Waals surface area contributed by atoms with Gasteiger partial charge in [0.15, 0.2) is 0 Å². The second-order valence-corrected chi connectivity index (χ2v) is 6.68. The molecule has 1 aliphatic rings. The molecule has 0 aromatic carbocycles. The smallest absolute Gasteiger partial charge is 0.221 e. The summed E-state index contributed by atoms with van der Waals surface area (Å²) in [5.74, 6) is 4.36. The minimum absolute atomic E-state index is 0.675. The first-order valence-corrected chi connectivity index (χ1v) is 7.83. The lowest BCUT2D eigenvalue weighted by Gasteiger charge is -2.36. The predicted octanol–water partition coefficient (Wildman–Crippen LogP) is 2.68. The maximum Gasteiger partial charge on any atom is 0.221 e. The Morgan fingerprint density at radius 2 is 2.05 bits per heavy atom. The van der Waals surface area contributed by atoms with Gasteiger partial charge in [0.2, 0.25) is 5.88 Å². The Labute approximate surface area is 120 Å². The molecule has 106 valence electrons. The normalized spacial score (nSPS) is 19.9. The third-order valence-corrected chi connectivity index (χ3v) is 5.06. The van der Waals surface area contributed by atoms with E-state index in [0.717, 1.165) is 36.0 Å². The first-order chi connectivity index (χ1) is 9.02. The Bertz CT molecular complexity index is 451. The van der Waals surface area contributed by atoms with Crippen LogP contribution >= 0.6 is 11.8 Å². The van der Waals surface area contributed by atoms with Crippen molar-refractivity contribution in [2.75, 3.05) is 30.9 Å². The van der Waals surface area contributed by atoms with Crippen molar-refractivity contribution in [2.24, 2.45) is 5.92 Å². The van der Waals surface area contributed by atoms with E-state index in [1.54, 1.807) is 7.11 Å². The van der Waals surface area contributed by atoms with Gasteiger partial charge < -0.3 is 9.64 Å². The fourth-order valence-corrected chi connectivity index (χ4v) is 3.67. The van der Waals surface area contributed by atoms with Crippen LogP contribution in [0.15, 0.2) is 0 Å². The van der Waals surface area contributed by atoms with Crippen LogP contribution in [0.5, 0.6) is 5.88 Å². The van der Waals surface area contributed by atoms with Crippen LogP contribution in [0.3, 0.4) is 0 Å². The van der Waals surface area contributed by atoms with Crippen LogP contribution in [0.25, 0.3) is 0 Å². The number of rotatable bonds is 3. The third-order valence-electron chi connectivity index (χ3n) is 3.52. The summed E-state index contributed by atoms with van der Waals surface area (Å²) in [5.41, 5.74) is 1.04. The molecule has 1 aliphatic heterocycles. The molecule has 0 spiro atoms. The minimum Gasteiger partial charge on any atom is -0.481 e. The number of ether oxygens (including phenoxy) is 1. The Morgan fingerprint density at radius 3 is 2.68 bits per heavy atom. The topological polar surface area (TPSA) is 38.3 Å². The lowest BCUT2D eigenvalue weighted by atomic mass is 10.1. The number of thioether (sulfide) groups is 1. The van der Waals surface area contributed by atoms with E-state index in [9.17, 15) is 0 Å². The van der Waals surface area contributed by atoms with E-state index in [-0.39, 0.29) is 0 Å². The zero-order valence-electron chi connectivity index (χ0n) is 12.4. The van der Waals surface area contributed by atoms with Crippen molar-refractivity contribution in [1.82, 2.24) is 9.97 Å². The minimum atomic E-state index is 0.675. The molecule has 1 fully saturated rings. The number of aromatic nitrogens is 2. The molecule has 1 unspecified atom stereocenters. The molecule has 0 radical (unpaired) electrons. The Kier molecular flexibility index (Phi) is 4.55. The maximum atomic E-state index is 5.35. The van der Waals surface area contributed by atoms with E-state index in [2.05, 4.69) is 40.5 Å². The summed E-state index contributed by atoms with van der Waals surface area (Å²) in [5, 5.41) is 0.675. The van der Waals surface area contributed by atoms with Gasteiger partial charge in [-0.25, -0.2) is 4.98 Å². The number of nitrogens with zero attached hydrogens (tertiary/aromatic N) is 3. The Balaban J connectivity index is 2.28. The number of aryl methyl sites for hydroxylation is 1. The van der Waals surface area contributed by atoms with Gasteiger partial charge >= 0.3 is 0 Å². The number of methoxy groups -OCH3 is 1. The molecular formula is C14H23N3OS. The van der Waals surface area contributed by atoms with Crippen molar-refractivity contribution < 1.29 is 4.74 Å². The highest BCUT2D eigenvalue weighted by Gasteiger charge is 2.25. The molecule has 1 saturated heterocycles. The molecule has 5 heteroatoms. The summed E-state index contributed by atoms with van der Waals surface area (Å²) in [7, 11) is 1.67. The van der Waals surface area contributed by atoms with Crippen molar-refractivity contribution in [3.63, 3.8) is 0 Å². The molecule has 0 bridgehead atoms. The van der Waals surface area contributed by atoms with Gasteiger partial charge in [0, 0.05) is 24.1 Å². The van der Waals surface area contributed by atoms with Crippen LogP contribution in [-0.4, -0.2) is 41.2 Å². The van der Waals surface area contributed by atoms with Crippen LogP contribution in [0.2, 0.25) is 0 Å². The number of hydrogen-bond donors (Lipinski definition) is 0. The molecule has 0 saturated carbocycles. The summed E-state index contributed by atoms with van der Waals surface area (Å²) in [6.45, 7) is 10.7. The molecule has 1 aromatic heterocycles. The van der Waals surface area contributed by atoms with E-state index in [1.165, 1.54) is 0 Å². The summed E-state index contributed by atoms with van der Waals surface area (Å²) in [6, 6.07) is 0. The highest BCUT2D eigenvalue weighted by Crippen LogP contribution is 2.31. The van der Waals surface area contributed by atoms with Gasteiger partial charge in [0.1, 0.15) is 11.6 Å². The van der Waals surface area contributed by atoms with Gasteiger partial charge in [-0.05, 0) is 19.8 Å². The van der Waals surface area contributed by atoms with E-state index in [1.807, 2.05) is 13.8 Å². The van der Waals surface area contributed by atoms with Gasteiger partial charge in [0.25, 0.3) is 0 Å². The summed E-state index contributed by atoms with van der Waals surface area (Å²) >= 11 is 2.07. The van der Waals surface area contributed by atoms with Gasteiger partial charge in [-0.15, -0.1) is 0 Å². The van der Waals surface area contributed by atoms with Crippen LogP contribution in [0.1, 0.15) is 25.2 Å². The zero-order valence-corrected chi connectivity index (χ0v) is 13.3. The average Bonchev–Trinajstić information content (AvgIpc) is 2.41. The van der Waals surface area contributed by atoms with Gasteiger partial charge in [-0.2, -0.15) is 16.7 Å². The first-order valence-electron chi connectivity index (χ1n) is 6.78. The molecule has 0 amide bonds. The van der Waals surface area contributed by atoms with Gasteiger partial charge in [-0.1, -0.05) is 13.8 Å². The molecule has 2 heterocycles. The highest BCUT2D eigenvalue weighted by atomic mass is 32.2. The van der Waals surface area contributed by atoms with Crippen molar-refractivity contribution in [3.05, 3.63) is 11.4 Å². The molecule has 2 rings (SSSR count). The molecule has 0 N–H and O–H groups in total. The Hall–Kier alpha value is -0.970. The molecular weight excluding hydrogens is 258 g/mol. The SMILES string of the molecule is COc1nc(C)nc(N2CCSC(C(C)C)C2)c1C. The fraction of sp³-hybridized carbons (Fsp3) is 0.714. The zero-order chi connectivity index (χ0) is 14.0. The van der Waals surface area contributed by atoms with E-state index >= 15 is 0 Å². The van der Waals surface area contributed by atoms with Crippen LogP contribution in [0, 0.1) is 19.8 Å². The van der Waals surface area contributed by atoms with Crippen molar-refractivity contribution in [2.45, 2.75) is 32.9 Å². The first kappa shape index (κ1) is 14.4. The Morgan fingerprint density at radius 1 is 1.32 bits per heavy atom. The largest absolute Gasteiger partial charge is 0.481 e. The summed E-state index contributed by atoms with van der Waals surface area (Å²) < 4.78 is 5.35. The van der Waals surface area contributed by atoms with Crippen LogP contribution < -0.4 is 9.64 Å². The molecule has 4 nitrogen and oxygen atoms in total. The number of anilines is 1. The van der Waals surface area contributed by atoms with Crippen molar-refractivity contribution in [3.8, 4) is 5.88 Å². The average molecular weight is 281 g/mol. The van der Waals surface area contributed by atoms with E-state index in [0.29, 0.717) is 17.0 Å². The van der Waals surface area contributed by atoms with E-state index < -0.39 is 0 Å². The molecule has 0 aliphatic carbocycles. The van der Waals surface area contributed by atoms with Gasteiger partial charge in [0.05, 0.1) is 12.7 Å². The van der Waals surface area contributed by atoms with Crippen molar-refractivity contribution >= 4 is 17.6 Å². The monoisotopic (exact) mass is 281 g/mol. The molecule has 19 heavy (non-hydrogen) atoms. The third kappa shape index (κ3) is 3.14. The second-order valence-electron chi connectivity index (χ2n) is 5.33. The predicted molar refractivity (Wildman–Crippen MR) is 81.4 cm³/mol. The molecule has 1 atom stereocenters. The quantitative estimate of drug-likeness (QED) is 0.851. The van der Waals surface area contributed by atoms with Crippen molar-refractivity contribution in [1.29, 1.82) is 0 Å². The fourth-order valence-electron chi connectivity index (χ4n) is 2.37. The second kappa shape index (κ2) is 5.99.